The first kappa shape index (κ1) is 15.3. The second-order valence-corrected chi connectivity index (χ2v) is 5.68. The van der Waals surface area contributed by atoms with Crippen LogP contribution in [0.3, 0.4) is 0 Å². The van der Waals surface area contributed by atoms with Gasteiger partial charge in [-0.05, 0) is 32.0 Å². The number of amides is 1. The van der Waals surface area contributed by atoms with E-state index in [2.05, 4.69) is 21.8 Å². The Labute approximate surface area is 134 Å². The van der Waals surface area contributed by atoms with Crippen molar-refractivity contribution in [1.82, 2.24) is 20.4 Å². The standard InChI is InChI=1S/C17H20N4O2/c1-12-2-4-14(5-3-12)21-16(22)10-15(20-21)17(23)19-11-13-6-8-18-9-7-13/h2-6,10,18,20H,7-9,11H2,1H3,(H,19,23). The maximum atomic E-state index is 12.2. The minimum atomic E-state index is -0.271. The number of aryl methyl sites for hydroxylation is 1. The maximum Gasteiger partial charge on any atom is 0.271 e. The van der Waals surface area contributed by atoms with Gasteiger partial charge in [0.1, 0.15) is 5.69 Å². The molecule has 1 aliphatic rings. The van der Waals surface area contributed by atoms with Crippen molar-refractivity contribution in [1.29, 1.82) is 0 Å². The monoisotopic (exact) mass is 312 g/mol. The van der Waals surface area contributed by atoms with Crippen LogP contribution in [-0.4, -0.2) is 35.3 Å². The molecule has 1 aliphatic heterocycles. The van der Waals surface area contributed by atoms with Crippen LogP contribution in [0.2, 0.25) is 0 Å². The number of nitrogens with zero attached hydrogens (tertiary/aromatic N) is 1. The predicted octanol–water partition coefficient (Wildman–Crippen LogP) is 1.12. The van der Waals surface area contributed by atoms with Crippen LogP contribution in [-0.2, 0) is 0 Å². The van der Waals surface area contributed by atoms with Gasteiger partial charge in [-0.25, -0.2) is 4.68 Å². The first-order valence-electron chi connectivity index (χ1n) is 7.69. The molecule has 3 N–H and O–H groups in total. The largest absolute Gasteiger partial charge is 0.347 e. The molecule has 6 nitrogen and oxygen atoms in total. The number of H-pyrrole nitrogens is 1. The molecule has 0 radical (unpaired) electrons. The van der Waals surface area contributed by atoms with Gasteiger partial charge < -0.3 is 10.6 Å². The lowest BCUT2D eigenvalue weighted by Crippen LogP contribution is -2.29. The summed E-state index contributed by atoms with van der Waals surface area (Å²) in [5, 5.41) is 8.94. The van der Waals surface area contributed by atoms with Crippen LogP contribution in [0, 0.1) is 6.92 Å². The topological polar surface area (TPSA) is 78.9 Å². The summed E-state index contributed by atoms with van der Waals surface area (Å²) in [5.74, 6) is -0.271. The summed E-state index contributed by atoms with van der Waals surface area (Å²) in [4.78, 5) is 24.3. The summed E-state index contributed by atoms with van der Waals surface area (Å²) in [7, 11) is 0. The zero-order valence-corrected chi connectivity index (χ0v) is 13.1. The van der Waals surface area contributed by atoms with E-state index in [0.717, 1.165) is 25.1 Å². The lowest BCUT2D eigenvalue weighted by molar-refractivity contribution is 0.0951. The smallest absolute Gasteiger partial charge is 0.271 e. The lowest BCUT2D eigenvalue weighted by Gasteiger charge is -2.14. The van der Waals surface area contributed by atoms with E-state index >= 15 is 0 Å². The van der Waals surface area contributed by atoms with Crippen molar-refractivity contribution in [3.8, 4) is 5.69 Å². The van der Waals surface area contributed by atoms with Crippen molar-refractivity contribution >= 4 is 5.91 Å². The van der Waals surface area contributed by atoms with Crippen molar-refractivity contribution in [3.05, 3.63) is 63.6 Å². The van der Waals surface area contributed by atoms with Crippen molar-refractivity contribution in [2.24, 2.45) is 0 Å². The molecule has 3 rings (SSSR count). The van der Waals surface area contributed by atoms with Gasteiger partial charge in [0.25, 0.3) is 11.5 Å². The number of aromatic nitrogens is 2. The highest BCUT2D eigenvalue weighted by Crippen LogP contribution is 2.07. The molecule has 6 heteroatoms. The minimum absolute atomic E-state index is 0.250. The summed E-state index contributed by atoms with van der Waals surface area (Å²) in [6.45, 7) is 4.27. The number of hydrogen-bond acceptors (Lipinski definition) is 3. The first-order valence-corrected chi connectivity index (χ1v) is 7.69. The van der Waals surface area contributed by atoms with Gasteiger partial charge >= 0.3 is 0 Å². The average Bonchev–Trinajstić information content (AvgIpc) is 2.96. The fourth-order valence-electron chi connectivity index (χ4n) is 2.52. The Morgan fingerprint density at radius 1 is 1.30 bits per heavy atom. The zero-order chi connectivity index (χ0) is 16.2. The summed E-state index contributed by atoms with van der Waals surface area (Å²) < 4.78 is 1.37. The molecule has 0 spiro atoms. The Morgan fingerprint density at radius 2 is 2.09 bits per heavy atom. The van der Waals surface area contributed by atoms with Gasteiger partial charge in [-0.1, -0.05) is 29.3 Å². The van der Waals surface area contributed by atoms with E-state index in [0.29, 0.717) is 12.2 Å². The van der Waals surface area contributed by atoms with Crippen LogP contribution in [0.5, 0.6) is 0 Å². The molecule has 0 bridgehead atoms. The highest BCUT2D eigenvalue weighted by molar-refractivity contribution is 5.92. The van der Waals surface area contributed by atoms with Crippen LogP contribution in [0.25, 0.3) is 5.69 Å². The summed E-state index contributed by atoms with van der Waals surface area (Å²) in [6.07, 6.45) is 3.02. The molecule has 0 unspecified atom stereocenters. The number of hydrogen-bond donors (Lipinski definition) is 3. The Bertz CT molecular complexity index is 784. The van der Waals surface area contributed by atoms with Crippen LogP contribution >= 0.6 is 0 Å². The van der Waals surface area contributed by atoms with Crippen molar-refractivity contribution < 1.29 is 4.79 Å². The third kappa shape index (κ3) is 3.60. The van der Waals surface area contributed by atoms with Crippen molar-refractivity contribution in [2.45, 2.75) is 13.3 Å². The number of nitrogens with one attached hydrogen (secondary N) is 3. The average molecular weight is 312 g/mol. The zero-order valence-electron chi connectivity index (χ0n) is 13.1. The summed E-state index contributed by atoms with van der Waals surface area (Å²) in [6, 6.07) is 8.85. The van der Waals surface area contributed by atoms with E-state index in [9.17, 15) is 9.59 Å². The first-order chi connectivity index (χ1) is 11.1. The quantitative estimate of drug-likeness (QED) is 0.740. The molecular formula is C17H20N4O2. The van der Waals surface area contributed by atoms with E-state index in [1.807, 2.05) is 31.2 Å². The molecular weight excluding hydrogens is 292 g/mol. The Balaban J connectivity index is 1.72. The number of aromatic amines is 1. The number of rotatable bonds is 4. The van der Waals surface area contributed by atoms with Gasteiger partial charge in [0.2, 0.25) is 0 Å². The summed E-state index contributed by atoms with van der Waals surface area (Å²) >= 11 is 0. The van der Waals surface area contributed by atoms with Crippen LogP contribution in [0.4, 0.5) is 0 Å². The van der Waals surface area contributed by atoms with E-state index < -0.39 is 0 Å². The third-order valence-electron chi connectivity index (χ3n) is 3.89. The Kier molecular flexibility index (Phi) is 4.43. The molecule has 0 aliphatic carbocycles. The van der Waals surface area contributed by atoms with Gasteiger partial charge in [-0.3, -0.25) is 14.7 Å². The van der Waals surface area contributed by atoms with E-state index in [1.165, 1.54) is 16.3 Å². The molecule has 0 saturated carbocycles. The van der Waals surface area contributed by atoms with Crippen LogP contribution in [0.1, 0.15) is 22.5 Å². The molecule has 2 aromatic rings. The van der Waals surface area contributed by atoms with E-state index in [1.54, 1.807) is 0 Å². The normalized spacial score (nSPS) is 14.4. The number of carbonyl (C=O) groups is 1. The lowest BCUT2D eigenvalue weighted by atomic mass is 10.1. The highest BCUT2D eigenvalue weighted by Gasteiger charge is 2.13. The van der Waals surface area contributed by atoms with Gasteiger partial charge in [0.15, 0.2) is 0 Å². The van der Waals surface area contributed by atoms with Crippen molar-refractivity contribution in [2.75, 3.05) is 19.6 Å². The SMILES string of the molecule is Cc1ccc(-n2[nH]c(C(=O)NCC3=CCNCC3)cc2=O)cc1. The minimum Gasteiger partial charge on any atom is -0.347 e. The molecule has 2 heterocycles. The Morgan fingerprint density at radius 3 is 2.78 bits per heavy atom. The highest BCUT2D eigenvalue weighted by atomic mass is 16.2. The molecule has 1 aromatic heterocycles. The van der Waals surface area contributed by atoms with Crippen molar-refractivity contribution in [3.63, 3.8) is 0 Å². The molecule has 1 aromatic carbocycles. The Hall–Kier alpha value is -2.60. The van der Waals surface area contributed by atoms with E-state index in [-0.39, 0.29) is 17.2 Å². The molecule has 0 saturated heterocycles. The van der Waals surface area contributed by atoms with Gasteiger partial charge in [-0.15, -0.1) is 0 Å². The molecule has 23 heavy (non-hydrogen) atoms. The second kappa shape index (κ2) is 6.66. The number of carbonyl (C=O) groups excluding carboxylic acids is 1. The van der Waals surface area contributed by atoms with Gasteiger partial charge in [0.05, 0.1) is 5.69 Å². The molecule has 1 amide bonds. The molecule has 0 fully saturated rings. The third-order valence-corrected chi connectivity index (χ3v) is 3.89. The fourth-order valence-corrected chi connectivity index (χ4v) is 2.52. The fraction of sp³-hybridized carbons (Fsp3) is 0.294. The van der Waals surface area contributed by atoms with Gasteiger partial charge in [-0.2, -0.15) is 0 Å². The van der Waals surface area contributed by atoms with E-state index in [4.69, 9.17) is 0 Å². The summed E-state index contributed by atoms with van der Waals surface area (Å²) in [5.41, 5.74) is 3.05. The van der Waals surface area contributed by atoms with Crippen LogP contribution < -0.4 is 16.2 Å². The molecule has 0 atom stereocenters. The van der Waals surface area contributed by atoms with Crippen LogP contribution in [0.15, 0.2) is 46.8 Å². The number of benzene rings is 1. The maximum absolute atomic E-state index is 12.2. The molecule has 120 valence electrons. The predicted molar refractivity (Wildman–Crippen MR) is 89.0 cm³/mol. The van der Waals surface area contributed by atoms with Gasteiger partial charge in [0, 0.05) is 19.2 Å². The second-order valence-electron chi connectivity index (χ2n) is 5.68.